The zero-order valence-corrected chi connectivity index (χ0v) is 14.0. The molecule has 2 aromatic heterocycles. The molecule has 1 fully saturated rings. The maximum Gasteiger partial charge on any atom is 0.268 e. The van der Waals surface area contributed by atoms with E-state index in [1.165, 1.54) is 4.88 Å². The molecule has 1 N–H and O–H groups in total. The van der Waals surface area contributed by atoms with E-state index in [4.69, 9.17) is 4.74 Å². The molecule has 118 valence electrons. The number of hydrogen-bond donors (Lipinski definition) is 1. The molecular weight excluding hydrogens is 296 g/mol. The molecule has 1 aliphatic heterocycles. The molecule has 0 saturated carbocycles. The predicted molar refractivity (Wildman–Crippen MR) is 90.7 cm³/mol. The Morgan fingerprint density at radius 3 is 3.05 bits per heavy atom. The van der Waals surface area contributed by atoms with Crippen LogP contribution >= 0.6 is 11.3 Å². The van der Waals surface area contributed by atoms with Gasteiger partial charge in [0.1, 0.15) is 5.69 Å². The molecule has 3 heterocycles. The van der Waals surface area contributed by atoms with E-state index in [2.05, 4.69) is 29.5 Å². The number of thiophene rings is 1. The number of fused-ring (bicyclic) bond motifs is 1. The summed E-state index contributed by atoms with van der Waals surface area (Å²) in [5.74, 6) is -0.0298. The summed E-state index contributed by atoms with van der Waals surface area (Å²) < 4.78 is 8.78. The van der Waals surface area contributed by atoms with Crippen LogP contribution in [0.2, 0.25) is 0 Å². The Hall–Kier alpha value is -1.59. The van der Waals surface area contributed by atoms with Crippen LogP contribution in [0, 0.1) is 6.92 Å². The quantitative estimate of drug-likeness (QED) is 0.858. The fraction of sp³-hybridized carbons (Fsp3) is 0.471. The highest BCUT2D eigenvalue weighted by Gasteiger charge is 2.20. The van der Waals surface area contributed by atoms with Crippen LogP contribution in [-0.2, 0) is 11.3 Å². The molecule has 0 aliphatic carbocycles. The first-order chi connectivity index (χ1) is 10.5. The number of aryl methyl sites for hydroxylation is 1. The third-order valence-corrected chi connectivity index (χ3v) is 4.87. The predicted octanol–water partition coefficient (Wildman–Crippen LogP) is 3.50. The van der Waals surface area contributed by atoms with Gasteiger partial charge in [-0.2, -0.15) is 0 Å². The first kappa shape index (κ1) is 15.3. The van der Waals surface area contributed by atoms with Gasteiger partial charge in [-0.05, 0) is 38.8 Å². The van der Waals surface area contributed by atoms with Crippen molar-refractivity contribution in [1.29, 1.82) is 0 Å². The van der Waals surface area contributed by atoms with E-state index >= 15 is 0 Å². The Balaban J connectivity index is 1.82. The first-order valence-corrected chi connectivity index (χ1v) is 8.50. The highest BCUT2D eigenvalue weighted by Crippen LogP contribution is 2.29. The summed E-state index contributed by atoms with van der Waals surface area (Å²) >= 11 is 1.72. The number of nitrogens with zero attached hydrogens (tertiary/aromatic N) is 1. The maximum atomic E-state index is 12.5. The summed E-state index contributed by atoms with van der Waals surface area (Å²) in [5.41, 5.74) is 2.87. The number of amides is 1. The lowest BCUT2D eigenvalue weighted by molar-refractivity contribution is 0.0851. The van der Waals surface area contributed by atoms with Crippen molar-refractivity contribution in [3.8, 4) is 0 Å². The van der Waals surface area contributed by atoms with Gasteiger partial charge >= 0.3 is 0 Å². The van der Waals surface area contributed by atoms with E-state index in [9.17, 15) is 4.79 Å². The Labute approximate surface area is 134 Å². The largest absolute Gasteiger partial charge is 0.376 e. The summed E-state index contributed by atoms with van der Waals surface area (Å²) in [5, 5.41) is 3.01. The zero-order valence-electron chi connectivity index (χ0n) is 13.1. The minimum atomic E-state index is -0.0298. The molecule has 1 atom stereocenters. The minimum absolute atomic E-state index is 0.0298. The molecule has 2 aromatic rings. The topological polar surface area (TPSA) is 43.3 Å². The van der Waals surface area contributed by atoms with Gasteiger partial charge in [0.05, 0.1) is 16.3 Å². The Bertz CT molecular complexity index is 708. The molecule has 22 heavy (non-hydrogen) atoms. The van der Waals surface area contributed by atoms with Gasteiger partial charge in [0.2, 0.25) is 0 Å². The Morgan fingerprint density at radius 1 is 1.55 bits per heavy atom. The second-order valence-corrected chi connectivity index (χ2v) is 7.31. The molecule has 5 heteroatoms. The lowest BCUT2D eigenvalue weighted by Gasteiger charge is -2.13. The van der Waals surface area contributed by atoms with Gasteiger partial charge < -0.3 is 14.6 Å². The van der Waals surface area contributed by atoms with Crippen molar-refractivity contribution in [2.24, 2.45) is 0 Å². The van der Waals surface area contributed by atoms with E-state index in [-0.39, 0.29) is 12.0 Å². The first-order valence-electron chi connectivity index (χ1n) is 7.68. The van der Waals surface area contributed by atoms with E-state index < -0.39 is 0 Å². The number of hydrogen-bond acceptors (Lipinski definition) is 3. The summed E-state index contributed by atoms with van der Waals surface area (Å²) in [6.07, 6.45) is 2.28. The molecule has 1 amide bonds. The number of rotatable bonds is 5. The molecule has 1 saturated heterocycles. The van der Waals surface area contributed by atoms with E-state index in [0.29, 0.717) is 18.8 Å². The van der Waals surface area contributed by atoms with Crippen LogP contribution in [0.5, 0.6) is 0 Å². The number of nitrogens with one attached hydrogen (secondary N) is 1. The number of ether oxygens (including phenoxy) is 1. The molecule has 1 aliphatic rings. The maximum absolute atomic E-state index is 12.5. The van der Waals surface area contributed by atoms with Crippen molar-refractivity contribution < 1.29 is 9.53 Å². The summed E-state index contributed by atoms with van der Waals surface area (Å²) in [6, 6.07) is 4.13. The fourth-order valence-corrected chi connectivity index (χ4v) is 3.86. The normalized spacial score (nSPS) is 18.0. The molecular formula is C17H22N2O2S. The number of carbonyl (C=O) groups is 1. The number of aromatic nitrogens is 1. The van der Waals surface area contributed by atoms with Gasteiger partial charge in [-0.3, -0.25) is 4.79 Å². The second kappa shape index (κ2) is 6.26. The van der Waals surface area contributed by atoms with Gasteiger partial charge in [0, 0.05) is 24.6 Å². The smallest absolute Gasteiger partial charge is 0.268 e. The van der Waals surface area contributed by atoms with Crippen LogP contribution in [0.3, 0.4) is 0 Å². The molecule has 0 bridgehead atoms. The molecule has 0 aromatic carbocycles. The summed E-state index contributed by atoms with van der Waals surface area (Å²) in [6.45, 7) is 10.1. The SMILES string of the molecule is C=C(C)Cn1c(C(=O)NC[C@H]2CCCO2)cc2sc(C)cc21. The second-order valence-electron chi connectivity index (χ2n) is 6.02. The Morgan fingerprint density at radius 2 is 2.36 bits per heavy atom. The van der Waals surface area contributed by atoms with Crippen molar-refractivity contribution in [2.45, 2.75) is 39.3 Å². The van der Waals surface area contributed by atoms with Crippen molar-refractivity contribution in [3.05, 3.63) is 34.9 Å². The van der Waals surface area contributed by atoms with Gasteiger partial charge in [-0.25, -0.2) is 0 Å². The van der Waals surface area contributed by atoms with E-state index in [0.717, 1.165) is 35.2 Å². The number of carbonyl (C=O) groups excluding carboxylic acids is 1. The molecule has 0 spiro atoms. The van der Waals surface area contributed by atoms with Gasteiger partial charge in [0.25, 0.3) is 5.91 Å². The Kier molecular flexibility index (Phi) is 4.36. The van der Waals surface area contributed by atoms with Crippen LogP contribution in [0.25, 0.3) is 10.2 Å². The lowest BCUT2D eigenvalue weighted by atomic mass is 10.2. The minimum Gasteiger partial charge on any atom is -0.376 e. The van der Waals surface area contributed by atoms with Crippen molar-refractivity contribution in [2.75, 3.05) is 13.2 Å². The molecule has 4 nitrogen and oxygen atoms in total. The van der Waals surface area contributed by atoms with E-state index in [1.54, 1.807) is 11.3 Å². The summed E-state index contributed by atoms with van der Waals surface area (Å²) in [7, 11) is 0. The van der Waals surface area contributed by atoms with Crippen molar-refractivity contribution >= 4 is 27.5 Å². The number of allylic oxidation sites excluding steroid dienone is 1. The molecule has 0 unspecified atom stereocenters. The highest BCUT2D eigenvalue weighted by molar-refractivity contribution is 7.19. The van der Waals surface area contributed by atoms with Crippen LogP contribution in [-0.4, -0.2) is 29.7 Å². The van der Waals surface area contributed by atoms with Crippen LogP contribution in [0.15, 0.2) is 24.3 Å². The van der Waals surface area contributed by atoms with Crippen LogP contribution in [0.1, 0.15) is 35.1 Å². The zero-order chi connectivity index (χ0) is 15.7. The lowest BCUT2D eigenvalue weighted by Crippen LogP contribution is -2.33. The van der Waals surface area contributed by atoms with Crippen molar-refractivity contribution in [3.63, 3.8) is 0 Å². The summed E-state index contributed by atoms with van der Waals surface area (Å²) in [4.78, 5) is 13.8. The van der Waals surface area contributed by atoms with Gasteiger partial charge in [0.15, 0.2) is 0 Å². The third-order valence-electron chi connectivity index (χ3n) is 3.89. The van der Waals surface area contributed by atoms with Crippen LogP contribution in [0.4, 0.5) is 0 Å². The standard InChI is InChI=1S/C17H22N2O2S/c1-11(2)10-19-14-7-12(3)22-16(14)8-15(19)17(20)18-9-13-5-4-6-21-13/h7-8,13H,1,4-6,9-10H2,2-3H3,(H,18,20)/t13-/m1/s1. The van der Waals surface area contributed by atoms with Crippen LogP contribution < -0.4 is 5.32 Å². The average Bonchev–Trinajstić information content (AvgIpc) is 3.14. The van der Waals surface area contributed by atoms with Crippen molar-refractivity contribution in [1.82, 2.24) is 9.88 Å². The molecule has 3 rings (SSSR count). The third kappa shape index (κ3) is 3.10. The highest BCUT2D eigenvalue weighted by atomic mass is 32.1. The fourth-order valence-electron chi connectivity index (χ4n) is 2.90. The van der Waals surface area contributed by atoms with E-state index in [1.807, 2.05) is 13.0 Å². The monoisotopic (exact) mass is 318 g/mol. The van der Waals surface area contributed by atoms with Gasteiger partial charge in [-0.15, -0.1) is 11.3 Å². The van der Waals surface area contributed by atoms with Gasteiger partial charge in [-0.1, -0.05) is 12.2 Å². The average molecular weight is 318 g/mol. The molecule has 0 radical (unpaired) electrons.